The van der Waals surface area contributed by atoms with Crippen LogP contribution in [-0.2, 0) is 22.4 Å². The number of fused-ring (bicyclic) bond motifs is 6. The van der Waals surface area contributed by atoms with Crippen LogP contribution in [0.25, 0.3) is 0 Å². The van der Waals surface area contributed by atoms with E-state index in [2.05, 4.69) is 32.0 Å². The number of nitrogens with one attached hydrogen (secondary N) is 3. The number of hydrogen-bond acceptors (Lipinski definition) is 7. The van der Waals surface area contributed by atoms with Crippen LogP contribution in [0.2, 0.25) is 5.02 Å². The summed E-state index contributed by atoms with van der Waals surface area (Å²) in [6.07, 6.45) is -0.569. The molecule has 4 aromatic rings. The molecule has 0 atom stereocenters. The summed E-state index contributed by atoms with van der Waals surface area (Å²) in [5.41, 5.74) is 4.31. The maximum Gasteiger partial charge on any atom is 0.490 e. The van der Waals surface area contributed by atoms with Crippen LogP contribution in [0.3, 0.4) is 0 Å². The van der Waals surface area contributed by atoms with Gasteiger partial charge in [-0.25, -0.2) is 18.6 Å². The maximum atomic E-state index is 14.1. The number of aliphatic carboxylic acids is 1. The zero-order valence-electron chi connectivity index (χ0n) is 26.2. The first-order valence-corrected chi connectivity index (χ1v) is 15.8. The smallest absolute Gasteiger partial charge is 0.475 e. The van der Waals surface area contributed by atoms with Crippen LogP contribution in [0.5, 0.6) is 0 Å². The molecular formula is C34H30ClF5N6O4. The van der Waals surface area contributed by atoms with E-state index < -0.39 is 29.7 Å². The van der Waals surface area contributed by atoms with E-state index in [9.17, 15) is 31.5 Å². The SMILES string of the molecule is O=C(CC1CCN(C(=O)c2ccc(F)cc2F)CC1)Nc1ccc2cc1CCc1cccc(c1)Nc1ncc(Cl)c(n1)N2.O=C(O)C(F)(F)F. The molecule has 50 heavy (non-hydrogen) atoms. The second-order valence-electron chi connectivity index (χ2n) is 11.6. The minimum absolute atomic E-state index is 0.0810. The second-order valence-corrected chi connectivity index (χ2v) is 12.0. The number of rotatable bonds is 4. The van der Waals surface area contributed by atoms with Gasteiger partial charge >= 0.3 is 12.1 Å². The summed E-state index contributed by atoms with van der Waals surface area (Å²) in [5, 5.41) is 17.1. The summed E-state index contributed by atoms with van der Waals surface area (Å²) in [7, 11) is 0. The third kappa shape index (κ3) is 9.43. The van der Waals surface area contributed by atoms with Crippen molar-refractivity contribution in [2.45, 2.75) is 38.3 Å². The van der Waals surface area contributed by atoms with Gasteiger partial charge in [-0.1, -0.05) is 23.7 Å². The van der Waals surface area contributed by atoms with E-state index in [1.807, 2.05) is 36.4 Å². The topological polar surface area (TPSA) is 137 Å². The molecule has 0 radical (unpaired) electrons. The number of piperidine rings is 1. The van der Waals surface area contributed by atoms with Gasteiger partial charge in [0.1, 0.15) is 16.7 Å². The van der Waals surface area contributed by atoms with Crippen molar-refractivity contribution in [3.8, 4) is 0 Å². The Morgan fingerprint density at radius 2 is 1.68 bits per heavy atom. The third-order valence-electron chi connectivity index (χ3n) is 8.03. The molecule has 2 amide bonds. The molecular weight excluding hydrogens is 687 g/mol. The van der Waals surface area contributed by atoms with E-state index in [4.69, 9.17) is 21.5 Å². The molecule has 0 saturated carbocycles. The number of halogens is 6. The Bertz CT molecular complexity index is 1900. The van der Waals surface area contributed by atoms with Crippen molar-refractivity contribution in [1.82, 2.24) is 14.9 Å². The van der Waals surface area contributed by atoms with Crippen LogP contribution in [0.4, 0.5) is 50.8 Å². The standard InChI is InChI=1S/C32H29ClF2N6O2.C2HF3O2/c33-26-18-36-32-38-23-3-1-2-19(14-23)4-5-21-16-24(37-30(26)40-32)7-9-28(21)39-29(42)15-20-10-12-41(13-11-20)31(43)25-8-6-22(34)17-27(25)35;3-2(4,5)1(6)7/h1-3,6-9,14,16-18,20H,4-5,10-13,15H2,(H,39,42)(H2,36,37,38,40);(H,6,7). The highest BCUT2D eigenvalue weighted by Gasteiger charge is 2.38. The van der Waals surface area contributed by atoms with Gasteiger partial charge in [-0.2, -0.15) is 18.2 Å². The number of alkyl halides is 3. The molecule has 2 aliphatic rings. The minimum Gasteiger partial charge on any atom is -0.475 e. The van der Waals surface area contributed by atoms with E-state index in [-0.39, 0.29) is 17.4 Å². The lowest BCUT2D eigenvalue weighted by Gasteiger charge is -2.32. The Balaban J connectivity index is 0.000000630. The molecule has 6 rings (SSSR count). The van der Waals surface area contributed by atoms with Gasteiger partial charge < -0.3 is 26.0 Å². The number of hydrogen-bond donors (Lipinski definition) is 4. The van der Waals surface area contributed by atoms with E-state index in [1.165, 1.54) is 6.07 Å². The quantitative estimate of drug-likeness (QED) is 0.159. The number of carbonyl (C=O) groups excluding carboxylic acids is 2. The average molecular weight is 717 g/mol. The molecule has 10 nitrogen and oxygen atoms in total. The average Bonchev–Trinajstić information content (AvgIpc) is 3.06. The first-order valence-electron chi connectivity index (χ1n) is 15.4. The van der Waals surface area contributed by atoms with Gasteiger partial charge in [0, 0.05) is 42.6 Å². The minimum atomic E-state index is -5.08. The van der Waals surface area contributed by atoms with E-state index >= 15 is 0 Å². The highest BCUT2D eigenvalue weighted by Crippen LogP contribution is 2.30. The Morgan fingerprint density at radius 1 is 0.960 bits per heavy atom. The van der Waals surface area contributed by atoms with Crippen molar-refractivity contribution in [3.63, 3.8) is 0 Å². The third-order valence-corrected chi connectivity index (χ3v) is 8.31. The Hall–Kier alpha value is -5.31. The summed E-state index contributed by atoms with van der Waals surface area (Å²) >= 11 is 6.37. The lowest BCUT2D eigenvalue weighted by molar-refractivity contribution is -0.192. The molecule has 0 unspecified atom stereocenters. The summed E-state index contributed by atoms with van der Waals surface area (Å²) in [6.45, 7) is 0.806. The maximum absolute atomic E-state index is 14.1. The molecule has 262 valence electrons. The van der Waals surface area contributed by atoms with Crippen LogP contribution in [0.1, 0.15) is 40.7 Å². The van der Waals surface area contributed by atoms with Crippen molar-refractivity contribution in [2.75, 3.05) is 29.0 Å². The number of aromatic nitrogens is 2. The van der Waals surface area contributed by atoms with Gasteiger partial charge in [-0.3, -0.25) is 9.59 Å². The molecule has 3 aromatic carbocycles. The molecule has 0 spiro atoms. The summed E-state index contributed by atoms with van der Waals surface area (Å²) in [4.78, 5) is 45.2. The number of anilines is 5. The van der Waals surface area contributed by atoms with Gasteiger partial charge in [0.15, 0.2) is 5.82 Å². The predicted molar refractivity (Wildman–Crippen MR) is 176 cm³/mol. The zero-order chi connectivity index (χ0) is 36.0. The molecule has 1 aromatic heterocycles. The molecule has 1 saturated heterocycles. The van der Waals surface area contributed by atoms with E-state index in [0.29, 0.717) is 61.6 Å². The van der Waals surface area contributed by atoms with Crippen LogP contribution >= 0.6 is 11.6 Å². The van der Waals surface area contributed by atoms with Crippen molar-refractivity contribution in [3.05, 3.63) is 100 Å². The number of carboxylic acids is 1. The largest absolute Gasteiger partial charge is 0.490 e. The normalized spacial score (nSPS) is 14.3. The first-order chi connectivity index (χ1) is 23.7. The van der Waals surface area contributed by atoms with Crippen LogP contribution < -0.4 is 16.0 Å². The summed E-state index contributed by atoms with van der Waals surface area (Å²) < 4.78 is 59.1. The predicted octanol–water partition coefficient (Wildman–Crippen LogP) is 7.51. The van der Waals surface area contributed by atoms with Crippen molar-refractivity contribution in [1.29, 1.82) is 0 Å². The number of benzene rings is 3. The molecule has 16 heteroatoms. The molecule has 1 fully saturated rings. The van der Waals surface area contributed by atoms with Gasteiger partial charge in [0.25, 0.3) is 5.91 Å². The number of carboxylic acid groups (broad SMARTS) is 1. The van der Waals surface area contributed by atoms with Crippen molar-refractivity contribution >= 4 is 58.2 Å². The van der Waals surface area contributed by atoms with Crippen LogP contribution in [0.15, 0.2) is 66.9 Å². The zero-order valence-corrected chi connectivity index (χ0v) is 26.9. The Morgan fingerprint density at radius 3 is 2.38 bits per heavy atom. The number of aryl methyl sites for hydroxylation is 2. The number of nitrogens with zero attached hydrogens (tertiary/aromatic N) is 3. The lowest BCUT2D eigenvalue weighted by Crippen LogP contribution is -2.39. The summed E-state index contributed by atoms with van der Waals surface area (Å²) in [5.74, 6) is -3.96. The Kier molecular flexibility index (Phi) is 11.1. The van der Waals surface area contributed by atoms with Crippen molar-refractivity contribution in [2.24, 2.45) is 5.92 Å². The van der Waals surface area contributed by atoms with Crippen LogP contribution in [-0.4, -0.2) is 57.0 Å². The number of likely N-dealkylation sites (tertiary alicyclic amines) is 1. The van der Waals surface area contributed by atoms with Crippen LogP contribution in [0, 0.1) is 17.6 Å². The first kappa shape index (κ1) is 36.0. The highest BCUT2D eigenvalue weighted by molar-refractivity contribution is 6.32. The second kappa shape index (κ2) is 15.5. The van der Waals surface area contributed by atoms with E-state index in [1.54, 1.807) is 11.1 Å². The van der Waals surface area contributed by atoms with Gasteiger partial charge in [-0.05, 0) is 85.2 Å². The fraction of sp³-hybridized carbons (Fsp3) is 0.265. The fourth-order valence-electron chi connectivity index (χ4n) is 5.50. The molecule has 6 bridgehead atoms. The van der Waals surface area contributed by atoms with E-state index in [0.717, 1.165) is 40.7 Å². The number of carbonyl (C=O) groups is 3. The lowest BCUT2D eigenvalue weighted by atomic mass is 9.92. The fourth-order valence-corrected chi connectivity index (χ4v) is 5.64. The van der Waals surface area contributed by atoms with Crippen molar-refractivity contribution < 1.29 is 41.4 Å². The Labute approximate surface area is 287 Å². The van der Waals surface area contributed by atoms with Gasteiger partial charge in [0.05, 0.1) is 11.8 Å². The molecule has 3 heterocycles. The molecule has 4 N–H and O–H groups in total. The monoisotopic (exact) mass is 716 g/mol. The number of amides is 2. The van der Waals surface area contributed by atoms with Gasteiger partial charge in [-0.15, -0.1) is 0 Å². The molecule has 0 aliphatic carbocycles. The molecule has 2 aliphatic heterocycles. The highest BCUT2D eigenvalue weighted by atomic mass is 35.5. The summed E-state index contributed by atoms with van der Waals surface area (Å²) in [6, 6.07) is 16.7. The van der Waals surface area contributed by atoms with Gasteiger partial charge in [0.2, 0.25) is 11.9 Å².